The number of hydrogen-bond donors (Lipinski definition) is 1. The van der Waals surface area contributed by atoms with E-state index in [0.717, 1.165) is 39.6 Å². The van der Waals surface area contributed by atoms with Gasteiger partial charge in [-0.05, 0) is 36.4 Å². The number of aromatic nitrogens is 3. The molecule has 0 aliphatic carbocycles. The summed E-state index contributed by atoms with van der Waals surface area (Å²) in [5.74, 6) is 1.67. The Morgan fingerprint density at radius 3 is 2.70 bits per heavy atom. The summed E-state index contributed by atoms with van der Waals surface area (Å²) in [5.41, 5.74) is 5.14. The lowest BCUT2D eigenvalue weighted by molar-refractivity contribution is 0.406. The minimum Gasteiger partial charge on any atom is -0.496 e. The SMILES string of the molecule is COc1ccccc1[C@H]1C=C(c2cccnc2)Nc2nc3ccccc3n21. The zero-order valence-electron chi connectivity index (χ0n) is 14.8. The van der Waals surface area contributed by atoms with E-state index in [-0.39, 0.29) is 6.04 Å². The number of nitrogens with one attached hydrogen (secondary N) is 1. The zero-order chi connectivity index (χ0) is 18.2. The molecule has 27 heavy (non-hydrogen) atoms. The number of pyridine rings is 1. The molecule has 0 spiro atoms. The molecule has 0 saturated carbocycles. The normalized spacial score (nSPS) is 15.7. The fourth-order valence-corrected chi connectivity index (χ4v) is 3.64. The van der Waals surface area contributed by atoms with Crippen LogP contribution in [0.25, 0.3) is 16.7 Å². The number of allylic oxidation sites excluding steroid dienone is 1. The van der Waals surface area contributed by atoms with Crippen molar-refractivity contribution in [2.24, 2.45) is 0 Å². The molecular weight excluding hydrogens is 336 g/mol. The lowest BCUT2D eigenvalue weighted by Crippen LogP contribution is -2.19. The van der Waals surface area contributed by atoms with E-state index < -0.39 is 0 Å². The van der Waals surface area contributed by atoms with Gasteiger partial charge in [-0.25, -0.2) is 4.98 Å². The Bertz CT molecular complexity index is 1150. The molecule has 0 unspecified atom stereocenters. The fourth-order valence-electron chi connectivity index (χ4n) is 3.64. The van der Waals surface area contributed by atoms with E-state index >= 15 is 0 Å². The van der Waals surface area contributed by atoms with Gasteiger partial charge < -0.3 is 10.1 Å². The number of imidazole rings is 1. The number of hydrogen-bond acceptors (Lipinski definition) is 4. The number of fused-ring (bicyclic) bond motifs is 3. The molecular formula is C22H18N4O. The molecule has 0 fully saturated rings. The molecule has 2 aromatic heterocycles. The number of nitrogens with zero attached hydrogens (tertiary/aromatic N) is 3. The van der Waals surface area contributed by atoms with Crippen LogP contribution in [0.4, 0.5) is 5.95 Å². The Kier molecular flexibility index (Phi) is 3.64. The number of para-hydroxylation sites is 3. The van der Waals surface area contributed by atoms with E-state index in [1.54, 1.807) is 13.3 Å². The predicted octanol–water partition coefficient (Wildman–Crippen LogP) is 4.50. The minimum absolute atomic E-state index is 0.0417. The maximum atomic E-state index is 5.65. The minimum atomic E-state index is -0.0417. The van der Waals surface area contributed by atoms with Gasteiger partial charge in [0.2, 0.25) is 5.95 Å². The van der Waals surface area contributed by atoms with E-state index in [1.165, 1.54) is 0 Å². The lowest BCUT2D eigenvalue weighted by atomic mass is 10.0. The molecule has 132 valence electrons. The smallest absolute Gasteiger partial charge is 0.209 e. The van der Waals surface area contributed by atoms with Crippen molar-refractivity contribution in [1.29, 1.82) is 0 Å². The molecule has 4 aromatic rings. The van der Waals surface area contributed by atoms with Crippen LogP contribution in [0.1, 0.15) is 17.2 Å². The average Bonchev–Trinajstić information content (AvgIpc) is 3.12. The van der Waals surface area contributed by atoms with Gasteiger partial charge >= 0.3 is 0 Å². The van der Waals surface area contributed by atoms with Crippen LogP contribution in [-0.2, 0) is 0 Å². The molecule has 1 aliphatic heterocycles. The van der Waals surface area contributed by atoms with Gasteiger partial charge in [-0.3, -0.25) is 9.55 Å². The summed E-state index contributed by atoms with van der Waals surface area (Å²) >= 11 is 0. The Labute approximate surface area is 157 Å². The number of methoxy groups -OCH3 is 1. The summed E-state index contributed by atoms with van der Waals surface area (Å²) in [6.45, 7) is 0. The highest BCUT2D eigenvalue weighted by molar-refractivity contribution is 5.85. The first-order valence-corrected chi connectivity index (χ1v) is 8.84. The number of anilines is 1. The summed E-state index contributed by atoms with van der Waals surface area (Å²) in [4.78, 5) is 9.07. The second-order valence-corrected chi connectivity index (χ2v) is 6.43. The van der Waals surface area contributed by atoms with Crippen LogP contribution < -0.4 is 10.1 Å². The molecule has 1 aliphatic rings. The molecule has 5 rings (SSSR count). The highest BCUT2D eigenvalue weighted by Crippen LogP contribution is 2.39. The molecule has 0 radical (unpaired) electrons. The van der Waals surface area contributed by atoms with Gasteiger partial charge in [0.05, 0.1) is 24.2 Å². The predicted molar refractivity (Wildman–Crippen MR) is 107 cm³/mol. The highest BCUT2D eigenvalue weighted by Gasteiger charge is 2.27. The molecule has 2 aromatic carbocycles. The summed E-state index contributed by atoms with van der Waals surface area (Å²) in [5, 5.41) is 3.47. The van der Waals surface area contributed by atoms with E-state index in [4.69, 9.17) is 9.72 Å². The second kappa shape index (κ2) is 6.29. The average molecular weight is 354 g/mol. The van der Waals surface area contributed by atoms with E-state index in [2.05, 4.69) is 33.1 Å². The van der Waals surface area contributed by atoms with Crippen molar-refractivity contribution in [2.45, 2.75) is 6.04 Å². The van der Waals surface area contributed by atoms with Crippen molar-refractivity contribution in [3.63, 3.8) is 0 Å². The van der Waals surface area contributed by atoms with E-state index in [1.807, 2.05) is 54.7 Å². The first-order chi connectivity index (χ1) is 13.3. The van der Waals surface area contributed by atoms with Gasteiger partial charge in [0.15, 0.2) is 0 Å². The van der Waals surface area contributed by atoms with E-state index in [0.29, 0.717) is 0 Å². The van der Waals surface area contributed by atoms with Gasteiger partial charge in [-0.1, -0.05) is 30.3 Å². The van der Waals surface area contributed by atoms with Crippen LogP contribution in [0.3, 0.4) is 0 Å². The first kappa shape index (κ1) is 15.6. The topological polar surface area (TPSA) is 52.0 Å². The van der Waals surface area contributed by atoms with Crippen molar-refractivity contribution < 1.29 is 4.74 Å². The number of ether oxygens (including phenoxy) is 1. The molecule has 3 heterocycles. The third-order valence-electron chi connectivity index (χ3n) is 4.88. The van der Waals surface area contributed by atoms with Crippen molar-refractivity contribution in [1.82, 2.24) is 14.5 Å². The molecule has 5 nitrogen and oxygen atoms in total. The molecule has 0 bridgehead atoms. The fraction of sp³-hybridized carbons (Fsp3) is 0.0909. The van der Waals surface area contributed by atoms with Crippen molar-refractivity contribution in [3.8, 4) is 5.75 Å². The van der Waals surface area contributed by atoms with Crippen LogP contribution in [0.2, 0.25) is 0 Å². The zero-order valence-corrected chi connectivity index (χ0v) is 14.8. The van der Waals surface area contributed by atoms with Crippen LogP contribution in [0.5, 0.6) is 5.75 Å². The third-order valence-corrected chi connectivity index (χ3v) is 4.88. The summed E-state index contributed by atoms with van der Waals surface area (Å²) < 4.78 is 7.86. The second-order valence-electron chi connectivity index (χ2n) is 6.43. The van der Waals surface area contributed by atoms with Crippen LogP contribution in [0, 0.1) is 0 Å². The number of benzene rings is 2. The van der Waals surface area contributed by atoms with Crippen molar-refractivity contribution in [2.75, 3.05) is 12.4 Å². The maximum Gasteiger partial charge on any atom is 0.209 e. The van der Waals surface area contributed by atoms with Crippen molar-refractivity contribution >= 4 is 22.7 Å². The Morgan fingerprint density at radius 2 is 1.85 bits per heavy atom. The van der Waals surface area contributed by atoms with Crippen LogP contribution in [-0.4, -0.2) is 21.6 Å². The maximum absolute atomic E-state index is 5.65. The van der Waals surface area contributed by atoms with Crippen molar-refractivity contribution in [3.05, 3.63) is 90.3 Å². The Hall–Kier alpha value is -3.60. The number of rotatable bonds is 3. The van der Waals surface area contributed by atoms with Gasteiger partial charge in [0, 0.05) is 29.2 Å². The van der Waals surface area contributed by atoms with Crippen LogP contribution in [0.15, 0.2) is 79.1 Å². The standard InChI is InChI=1S/C22H18N4O/c1-27-21-11-5-2-8-16(21)20-13-18(15-7-6-12-23-14-15)25-22-24-17-9-3-4-10-19(17)26(20)22/h2-14,20H,1H3,(H,24,25)/t20-/m1/s1. The molecule has 0 saturated heterocycles. The van der Waals surface area contributed by atoms with Gasteiger partial charge in [0.25, 0.3) is 0 Å². The largest absolute Gasteiger partial charge is 0.496 e. The van der Waals surface area contributed by atoms with Crippen LogP contribution >= 0.6 is 0 Å². The summed E-state index contributed by atoms with van der Waals surface area (Å²) in [7, 11) is 1.71. The molecule has 1 atom stereocenters. The first-order valence-electron chi connectivity index (χ1n) is 8.84. The summed E-state index contributed by atoms with van der Waals surface area (Å²) in [6.07, 6.45) is 5.84. The summed E-state index contributed by atoms with van der Waals surface area (Å²) in [6, 6.07) is 20.2. The quantitative estimate of drug-likeness (QED) is 0.589. The monoisotopic (exact) mass is 354 g/mol. The highest BCUT2D eigenvalue weighted by atomic mass is 16.5. The van der Waals surface area contributed by atoms with E-state index in [9.17, 15) is 0 Å². The van der Waals surface area contributed by atoms with Gasteiger partial charge in [0.1, 0.15) is 5.75 Å². The Morgan fingerprint density at radius 1 is 1.00 bits per heavy atom. The molecule has 1 N–H and O–H groups in total. The Balaban J connectivity index is 1.76. The van der Waals surface area contributed by atoms with Gasteiger partial charge in [-0.2, -0.15) is 0 Å². The molecule has 5 heteroatoms. The van der Waals surface area contributed by atoms with Gasteiger partial charge in [-0.15, -0.1) is 0 Å². The molecule has 0 amide bonds. The third kappa shape index (κ3) is 2.56. The lowest BCUT2D eigenvalue weighted by Gasteiger charge is -2.27.